The van der Waals surface area contributed by atoms with E-state index >= 15 is 0 Å². The average Bonchev–Trinajstić information content (AvgIpc) is 3.39. The lowest BCUT2D eigenvalue weighted by atomic mass is 9.90. The Kier molecular flexibility index (Phi) is 6.66. The minimum Gasteiger partial charge on any atom is -0.495 e. The van der Waals surface area contributed by atoms with Crippen LogP contribution < -0.4 is 10.1 Å². The summed E-state index contributed by atoms with van der Waals surface area (Å²) in [5.41, 5.74) is 4.74. The molecule has 0 bridgehead atoms. The fourth-order valence-electron chi connectivity index (χ4n) is 5.88. The molecule has 1 aromatic carbocycles. The van der Waals surface area contributed by atoms with Crippen molar-refractivity contribution in [2.45, 2.75) is 64.1 Å². The number of nitro benzene ring substituents is 1. The summed E-state index contributed by atoms with van der Waals surface area (Å²) in [5.74, 6) is 0.583. The topological polar surface area (TPSA) is 85.5 Å². The molecule has 2 aliphatic rings. The van der Waals surface area contributed by atoms with Gasteiger partial charge in [-0.05, 0) is 68.7 Å². The Morgan fingerprint density at radius 3 is 2.58 bits per heavy atom. The van der Waals surface area contributed by atoms with Crippen LogP contribution >= 0.6 is 12.2 Å². The van der Waals surface area contributed by atoms with Crippen molar-refractivity contribution in [2.75, 3.05) is 7.11 Å². The standard InChI is InChI=1S/C27H31N5O3S/c1-17-15-21(18(2)30(17)23-16-20(32(33)34)12-13-24(23)35-3)26-25(22-11-7-8-14-28-22)29-27(36)31(26)19-9-5-4-6-10-19/h7-8,11-16,19,25-26H,4-6,9-10H2,1-3H3,(H,29,36)/t25-,26+/m0/s1. The number of hydrogen-bond donors (Lipinski definition) is 1. The van der Waals surface area contributed by atoms with Crippen LogP contribution in [0.2, 0.25) is 0 Å². The van der Waals surface area contributed by atoms with Gasteiger partial charge < -0.3 is 19.5 Å². The van der Waals surface area contributed by atoms with E-state index in [-0.39, 0.29) is 22.7 Å². The van der Waals surface area contributed by atoms with Crippen molar-refractivity contribution >= 4 is 23.0 Å². The molecule has 0 spiro atoms. The Bertz CT molecular complexity index is 1290. The SMILES string of the molecule is COc1ccc([N+](=O)[O-])cc1-n1c(C)cc([C@@H]2[C@H](c3ccccn3)NC(=S)N2C2CCCCC2)c1C. The normalized spacial score (nSPS) is 20.4. The van der Waals surface area contributed by atoms with Gasteiger partial charge in [0, 0.05) is 35.8 Å². The van der Waals surface area contributed by atoms with Crippen LogP contribution in [0.15, 0.2) is 48.7 Å². The molecule has 5 rings (SSSR count). The second-order valence-corrected chi connectivity index (χ2v) is 9.99. The summed E-state index contributed by atoms with van der Waals surface area (Å²) in [6.45, 7) is 4.09. The molecule has 1 N–H and O–H groups in total. The van der Waals surface area contributed by atoms with E-state index in [1.165, 1.54) is 25.3 Å². The first-order chi connectivity index (χ1) is 17.4. The number of hydrogen-bond acceptors (Lipinski definition) is 5. The zero-order valence-electron chi connectivity index (χ0n) is 20.8. The van der Waals surface area contributed by atoms with Gasteiger partial charge in [0.05, 0.1) is 35.5 Å². The number of nitrogens with zero attached hydrogens (tertiary/aromatic N) is 4. The van der Waals surface area contributed by atoms with Crippen LogP contribution in [0.1, 0.15) is 66.8 Å². The maximum atomic E-state index is 11.5. The molecule has 9 heteroatoms. The van der Waals surface area contributed by atoms with Gasteiger partial charge in [-0.1, -0.05) is 25.3 Å². The zero-order chi connectivity index (χ0) is 25.4. The second-order valence-electron chi connectivity index (χ2n) is 9.60. The molecule has 0 unspecified atom stereocenters. The van der Waals surface area contributed by atoms with Gasteiger partial charge in [-0.25, -0.2) is 0 Å². The third kappa shape index (κ3) is 4.21. The van der Waals surface area contributed by atoms with Gasteiger partial charge in [-0.3, -0.25) is 15.1 Å². The maximum absolute atomic E-state index is 11.5. The molecule has 1 saturated heterocycles. The zero-order valence-corrected chi connectivity index (χ0v) is 21.6. The quantitative estimate of drug-likeness (QED) is 0.261. The monoisotopic (exact) mass is 505 g/mol. The molecule has 3 aromatic rings. The number of thiocarbonyl (C=S) groups is 1. The van der Waals surface area contributed by atoms with Crippen molar-refractivity contribution in [3.05, 3.63) is 81.4 Å². The van der Waals surface area contributed by atoms with E-state index in [1.54, 1.807) is 19.2 Å². The van der Waals surface area contributed by atoms with Crippen LogP contribution in [0.4, 0.5) is 5.69 Å². The maximum Gasteiger partial charge on any atom is 0.271 e. The van der Waals surface area contributed by atoms with Crippen LogP contribution in [-0.4, -0.2) is 37.6 Å². The Balaban J connectivity index is 1.66. The van der Waals surface area contributed by atoms with Crippen LogP contribution in [0.25, 0.3) is 5.69 Å². The smallest absolute Gasteiger partial charge is 0.271 e. The molecule has 1 saturated carbocycles. The number of pyridine rings is 1. The van der Waals surface area contributed by atoms with Crippen LogP contribution in [0, 0.1) is 24.0 Å². The van der Waals surface area contributed by atoms with Crippen molar-refractivity contribution in [2.24, 2.45) is 0 Å². The van der Waals surface area contributed by atoms with Crippen molar-refractivity contribution in [3.8, 4) is 11.4 Å². The molecule has 2 fully saturated rings. The largest absolute Gasteiger partial charge is 0.495 e. The fourth-order valence-corrected chi connectivity index (χ4v) is 6.26. The molecule has 36 heavy (non-hydrogen) atoms. The molecule has 2 atom stereocenters. The minimum absolute atomic E-state index is 0.0266. The number of rotatable bonds is 6. The van der Waals surface area contributed by atoms with E-state index < -0.39 is 0 Å². The molecule has 0 radical (unpaired) electrons. The molecular weight excluding hydrogens is 474 g/mol. The van der Waals surface area contributed by atoms with Gasteiger partial charge in [-0.15, -0.1) is 0 Å². The Labute approximate surface area is 216 Å². The van der Waals surface area contributed by atoms with Crippen LogP contribution in [-0.2, 0) is 0 Å². The summed E-state index contributed by atoms with van der Waals surface area (Å²) in [6.07, 6.45) is 7.72. The minimum atomic E-state index is -0.376. The van der Waals surface area contributed by atoms with E-state index in [4.69, 9.17) is 17.0 Å². The van der Waals surface area contributed by atoms with Gasteiger partial charge in [0.25, 0.3) is 5.69 Å². The average molecular weight is 506 g/mol. The highest BCUT2D eigenvalue weighted by atomic mass is 32.1. The molecule has 2 aromatic heterocycles. The molecular formula is C27H31N5O3S. The summed E-state index contributed by atoms with van der Waals surface area (Å²) in [4.78, 5) is 18.2. The first kappa shape index (κ1) is 24.2. The lowest BCUT2D eigenvalue weighted by Gasteiger charge is -2.37. The Hall–Kier alpha value is -3.46. The van der Waals surface area contributed by atoms with Crippen molar-refractivity contribution < 1.29 is 9.66 Å². The van der Waals surface area contributed by atoms with E-state index in [9.17, 15) is 10.1 Å². The molecule has 188 valence electrons. The summed E-state index contributed by atoms with van der Waals surface area (Å²) in [6, 6.07) is 13.1. The lowest BCUT2D eigenvalue weighted by molar-refractivity contribution is -0.384. The molecule has 1 aliphatic carbocycles. The summed E-state index contributed by atoms with van der Waals surface area (Å²) >= 11 is 5.92. The fraction of sp³-hybridized carbons (Fsp3) is 0.407. The van der Waals surface area contributed by atoms with Crippen molar-refractivity contribution in [3.63, 3.8) is 0 Å². The van der Waals surface area contributed by atoms with Gasteiger partial charge >= 0.3 is 0 Å². The first-order valence-electron chi connectivity index (χ1n) is 12.4. The Morgan fingerprint density at radius 2 is 1.92 bits per heavy atom. The Morgan fingerprint density at radius 1 is 1.14 bits per heavy atom. The number of methoxy groups -OCH3 is 1. The highest BCUT2D eigenvalue weighted by molar-refractivity contribution is 7.80. The van der Waals surface area contributed by atoms with E-state index in [1.807, 2.05) is 31.3 Å². The van der Waals surface area contributed by atoms with Gasteiger partial charge in [-0.2, -0.15) is 0 Å². The summed E-state index contributed by atoms with van der Waals surface area (Å²) < 4.78 is 7.66. The molecule has 1 aliphatic heterocycles. The first-order valence-corrected chi connectivity index (χ1v) is 12.8. The predicted molar refractivity (Wildman–Crippen MR) is 143 cm³/mol. The second kappa shape index (κ2) is 9.89. The number of benzene rings is 1. The highest BCUT2D eigenvalue weighted by Gasteiger charge is 2.44. The number of ether oxygens (including phenoxy) is 1. The van der Waals surface area contributed by atoms with Crippen LogP contribution in [0.5, 0.6) is 5.75 Å². The highest BCUT2D eigenvalue weighted by Crippen LogP contribution is 2.45. The third-order valence-corrected chi connectivity index (χ3v) is 7.84. The number of non-ortho nitro benzene ring substituents is 1. The van der Waals surface area contributed by atoms with Gasteiger partial charge in [0.15, 0.2) is 5.11 Å². The molecule has 8 nitrogen and oxygen atoms in total. The number of nitro groups is 1. The summed E-state index contributed by atoms with van der Waals surface area (Å²) in [5, 5.41) is 15.9. The third-order valence-electron chi connectivity index (χ3n) is 7.51. The lowest BCUT2D eigenvalue weighted by Crippen LogP contribution is -2.40. The molecule has 0 amide bonds. The number of aryl methyl sites for hydroxylation is 1. The number of nitrogens with one attached hydrogen (secondary N) is 1. The van der Waals surface area contributed by atoms with Crippen LogP contribution in [0.3, 0.4) is 0 Å². The van der Waals surface area contributed by atoms with E-state index in [0.717, 1.165) is 40.6 Å². The predicted octanol–water partition coefficient (Wildman–Crippen LogP) is 5.71. The van der Waals surface area contributed by atoms with Crippen molar-refractivity contribution in [1.29, 1.82) is 0 Å². The van der Waals surface area contributed by atoms with Gasteiger partial charge in [0.1, 0.15) is 5.75 Å². The summed E-state index contributed by atoms with van der Waals surface area (Å²) in [7, 11) is 1.58. The molecule has 3 heterocycles. The van der Waals surface area contributed by atoms with E-state index in [2.05, 4.69) is 32.8 Å². The van der Waals surface area contributed by atoms with Gasteiger partial charge in [0.2, 0.25) is 0 Å². The van der Waals surface area contributed by atoms with E-state index in [0.29, 0.717) is 17.5 Å². The van der Waals surface area contributed by atoms with Crippen molar-refractivity contribution in [1.82, 2.24) is 19.8 Å². The number of aromatic nitrogens is 2.